The smallest absolute Gasteiger partial charge is 0.119 e. The molecule has 0 bridgehead atoms. The van der Waals surface area contributed by atoms with Gasteiger partial charge in [0.15, 0.2) is 0 Å². The lowest BCUT2D eigenvalue weighted by Gasteiger charge is -2.10. The summed E-state index contributed by atoms with van der Waals surface area (Å²) in [4.78, 5) is 3.23. The van der Waals surface area contributed by atoms with Crippen LogP contribution in [-0.2, 0) is 0 Å². The second kappa shape index (κ2) is 6.64. The summed E-state index contributed by atoms with van der Waals surface area (Å²) in [5, 5.41) is 1.13. The first-order valence-electron chi connectivity index (χ1n) is 5.87. The number of nitrogens with one attached hydrogen (secondary N) is 1. The van der Waals surface area contributed by atoms with Crippen LogP contribution in [0.4, 0.5) is 0 Å². The number of aromatic amines is 1. The topological polar surface area (TPSA) is 77.1 Å². The lowest BCUT2D eigenvalue weighted by molar-refractivity contribution is 0.415. The second-order valence-electron chi connectivity index (χ2n) is 4.19. The van der Waals surface area contributed by atoms with E-state index in [1.807, 2.05) is 24.4 Å². The van der Waals surface area contributed by atoms with Crippen molar-refractivity contribution >= 4 is 23.3 Å². The molecule has 0 radical (unpaired) electrons. The molecule has 1 heterocycles. The third kappa shape index (κ3) is 2.96. The van der Waals surface area contributed by atoms with Crippen molar-refractivity contribution in [1.82, 2.24) is 4.98 Å². The molecular formula is C13H20ClN3O. The quantitative estimate of drug-likeness (QED) is 0.780. The van der Waals surface area contributed by atoms with Gasteiger partial charge in [-0.3, -0.25) is 0 Å². The fourth-order valence-corrected chi connectivity index (χ4v) is 2.05. The lowest BCUT2D eigenvalue weighted by Crippen LogP contribution is -2.12. The van der Waals surface area contributed by atoms with Gasteiger partial charge < -0.3 is 21.2 Å². The highest BCUT2D eigenvalue weighted by Gasteiger charge is 2.11. The molecule has 0 saturated heterocycles. The van der Waals surface area contributed by atoms with Crippen molar-refractivity contribution in [2.45, 2.75) is 18.9 Å². The summed E-state index contributed by atoms with van der Waals surface area (Å²) in [5.74, 6) is 0.851. The number of benzene rings is 1. The first-order chi connectivity index (χ1) is 8.26. The molecule has 100 valence electrons. The number of hydrogen-bond acceptors (Lipinski definition) is 3. The van der Waals surface area contributed by atoms with E-state index in [-0.39, 0.29) is 18.4 Å². The molecule has 0 amide bonds. The molecule has 2 aromatic rings. The van der Waals surface area contributed by atoms with Crippen molar-refractivity contribution < 1.29 is 4.74 Å². The Bertz CT molecular complexity index is 498. The maximum absolute atomic E-state index is 6.17. The zero-order chi connectivity index (χ0) is 12.3. The van der Waals surface area contributed by atoms with Gasteiger partial charge in [-0.25, -0.2) is 0 Å². The first-order valence-corrected chi connectivity index (χ1v) is 5.87. The van der Waals surface area contributed by atoms with E-state index in [9.17, 15) is 0 Å². The van der Waals surface area contributed by atoms with Crippen molar-refractivity contribution in [3.8, 4) is 5.75 Å². The highest BCUT2D eigenvalue weighted by molar-refractivity contribution is 5.85. The number of halogens is 1. The van der Waals surface area contributed by atoms with Gasteiger partial charge in [-0.2, -0.15) is 0 Å². The van der Waals surface area contributed by atoms with Gasteiger partial charge in [-0.05, 0) is 43.1 Å². The fourth-order valence-electron chi connectivity index (χ4n) is 2.05. The third-order valence-electron chi connectivity index (χ3n) is 3.04. The molecule has 0 unspecified atom stereocenters. The number of rotatable bonds is 5. The van der Waals surface area contributed by atoms with Gasteiger partial charge in [-0.15, -0.1) is 12.4 Å². The van der Waals surface area contributed by atoms with Gasteiger partial charge in [0.05, 0.1) is 7.11 Å². The standard InChI is InChI=1S/C13H19N3O.ClH/c1-17-9-4-5-13-10(7-9)11(8-16-13)12(15)3-2-6-14;/h4-5,7-8,12,16H,2-3,6,14-15H2,1H3;1H/t12-;/m1./s1. The van der Waals surface area contributed by atoms with Crippen LogP contribution < -0.4 is 16.2 Å². The summed E-state index contributed by atoms with van der Waals surface area (Å²) in [5.41, 5.74) is 13.9. The Hall–Kier alpha value is -1.23. The Kier molecular flexibility index (Phi) is 5.47. The van der Waals surface area contributed by atoms with E-state index in [1.54, 1.807) is 7.11 Å². The maximum Gasteiger partial charge on any atom is 0.119 e. The predicted octanol–water partition coefficient (Wildman–Crippen LogP) is 2.34. The molecule has 0 aliphatic heterocycles. The van der Waals surface area contributed by atoms with Crippen LogP contribution in [0.25, 0.3) is 10.9 Å². The molecule has 1 aromatic heterocycles. The zero-order valence-electron chi connectivity index (χ0n) is 10.5. The van der Waals surface area contributed by atoms with E-state index in [2.05, 4.69) is 4.98 Å². The summed E-state index contributed by atoms with van der Waals surface area (Å²) in [6, 6.07) is 5.99. The number of aromatic nitrogens is 1. The van der Waals surface area contributed by atoms with E-state index >= 15 is 0 Å². The minimum atomic E-state index is 0. The molecule has 4 nitrogen and oxygen atoms in total. The van der Waals surface area contributed by atoms with Gasteiger partial charge in [-0.1, -0.05) is 0 Å². The van der Waals surface area contributed by atoms with Gasteiger partial charge >= 0.3 is 0 Å². The SMILES string of the molecule is COc1ccc2[nH]cc([C@H](N)CCCN)c2c1.Cl. The van der Waals surface area contributed by atoms with E-state index in [0.717, 1.165) is 35.1 Å². The lowest BCUT2D eigenvalue weighted by atomic mass is 10.0. The van der Waals surface area contributed by atoms with Crippen LogP contribution in [0.2, 0.25) is 0 Å². The Morgan fingerprint density at radius 1 is 1.39 bits per heavy atom. The molecule has 1 atom stereocenters. The Labute approximate surface area is 113 Å². The monoisotopic (exact) mass is 269 g/mol. The molecule has 0 fully saturated rings. The van der Waals surface area contributed by atoms with Gasteiger partial charge in [0.2, 0.25) is 0 Å². The minimum Gasteiger partial charge on any atom is -0.497 e. The highest BCUT2D eigenvalue weighted by Crippen LogP contribution is 2.28. The van der Waals surface area contributed by atoms with E-state index in [4.69, 9.17) is 16.2 Å². The van der Waals surface area contributed by atoms with Crippen LogP contribution in [0, 0.1) is 0 Å². The van der Waals surface area contributed by atoms with Crippen molar-refractivity contribution in [1.29, 1.82) is 0 Å². The molecule has 0 aliphatic carbocycles. The largest absolute Gasteiger partial charge is 0.497 e. The molecule has 0 aliphatic rings. The molecule has 5 N–H and O–H groups in total. The summed E-state index contributed by atoms with van der Waals surface area (Å²) >= 11 is 0. The maximum atomic E-state index is 6.17. The van der Waals surface area contributed by atoms with Crippen molar-refractivity contribution in [3.63, 3.8) is 0 Å². The summed E-state index contributed by atoms with van der Waals surface area (Å²) in [7, 11) is 1.67. The molecule has 2 rings (SSSR count). The van der Waals surface area contributed by atoms with Crippen molar-refractivity contribution in [3.05, 3.63) is 30.0 Å². The normalized spacial score (nSPS) is 12.2. The third-order valence-corrected chi connectivity index (χ3v) is 3.04. The molecule has 18 heavy (non-hydrogen) atoms. The number of nitrogens with two attached hydrogens (primary N) is 2. The van der Waals surface area contributed by atoms with Crippen LogP contribution in [0.15, 0.2) is 24.4 Å². The van der Waals surface area contributed by atoms with Crippen LogP contribution >= 0.6 is 12.4 Å². The summed E-state index contributed by atoms with van der Waals surface area (Å²) in [6.07, 6.45) is 3.82. The average Bonchev–Trinajstić information content (AvgIpc) is 2.78. The van der Waals surface area contributed by atoms with Crippen molar-refractivity contribution in [2.75, 3.05) is 13.7 Å². The fraction of sp³-hybridized carbons (Fsp3) is 0.385. The molecule has 5 heteroatoms. The molecule has 0 saturated carbocycles. The number of fused-ring (bicyclic) bond motifs is 1. The predicted molar refractivity (Wildman–Crippen MR) is 77.3 cm³/mol. The number of H-pyrrole nitrogens is 1. The summed E-state index contributed by atoms with van der Waals surface area (Å²) < 4.78 is 5.23. The van der Waals surface area contributed by atoms with E-state index in [0.29, 0.717) is 6.54 Å². The van der Waals surface area contributed by atoms with Crippen LogP contribution in [0.3, 0.4) is 0 Å². The van der Waals surface area contributed by atoms with Crippen molar-refractivity contribution in [2.24, 2.45) is 11.5 Å². The van der Waals surface area contributed by atoms with Gasteiger partial charge in [0.1, 0.15) is 5.75 Å². The number of methoxy groups -OCH3 is 1. The zero-order valence-corrected chi connectivity index (χ0v) is 11.3. The second-order valence-corrected chi connectivity index (χ2v) is 4.19. The van der Waals surface area contributed by atoms with E-state index in [1.165, 1.54) is 0 Å². The average molecular weight is 270 g/mol. The van der Waals surface area contributed by atoms with Gasteiger partial charge in [0, 0.05) is 23.1 Å². The van der Waals surface area contributed by atoms with E-state index < -0.39 is 0 Å². The molecule has 0 spiro atoms. The van der Waals surface area contributed by atoms with Crippen LogP contribution in [-0.4, -0.2) is 18.6 Å². The minimum absolute atomic E-state index is 0. The van der Waals surface area contributed by atoms with Crippen LogP contribution in [0.5, 0.6) is 5.75 Å². The summed E-state index contributed by atoms with van der Waals surface area (Å²) in [6.45, 7) is 0.680. The highest BCUT2D eigenvalue weighted by atomic mass is 35.5. The van der Waals surface area contributed by atoms with Crippen LogP contribution in [0.1, 0.15) is 24.4 Å². The number of ether oxygens (including phenoxy) is 1. The first kappa shape index (κ1) is 14.8. The Morgan fingerprint density at radius 2 is 2.17 bits per heavy atom. The molecule has 1 aromatic carbocycles. The number of hydrogen-bond donors (Lipinski definition) is 3. The Morgan fingerprint density at radius 3 is 2.83 bits per heavy atom. The Balaban J connectivity index is 0.00000162. The van der Waals surface area contributed by atoms with Gasteiger partial charge in [0.25, 0.3) is 0 Å². The molecular weight excluding hydrogens is 250 g/mol.